The first kappa shape index (κ1) is 24.5. The van der Waals surface area contributed by atoms with Crippen LogP contribution >= 0.6 is 0 Å². The van der Waals surface area contributed by atoms with E-state index in [1.165, 1.54) is 22.8 Å². The van der Waals surface area contributed by atoms with Gasteiger partial charge in [-0.3, -0.25) is 4.79 Å². The van der Waals surface area contributed by atoms with Gasteiger partial charge in [-0.25, -0.2) is 9.36 Å². The van der Waals surface area contributed by atoms with E-state index in [2.05, 4.69) is 10.2 Å². The zero-order valence-electron chi connectivity index (χ0n) is 20.6. The molecule has 8 heteroatoms. The molecule has 1 aromatic heterocycles. The number of fused-ring (bicyclic) bond motifs is 1. The minimum Gasteiger partial charge on any atom is -0.505 e. The molecule has 188 valence electrons. The molecule has 0 aliphatic carbocycles. The van der Waals surface area contributed by atoms with Crippen molar-refractivity contribution in [3.8, 4) is 28.4 Å². The molecule has 5 aromatic rings. The number of aromatic hydroxyl groups is 2. The number of carboxylic acid groups (broad SMARTS) is 1. The summed E-state index contributed by atoms with van der Waals surface area (Å²) in [6, 6.07) is 23.3. The standard InChI is InChI=1S/C30H23N3O5/c1-17-13-14-21(15-18(17)2)33-28(35)24-10-4-3-9-23(24)26(29(33)36)32-31-25-12-6-11-22(27(25)34)19-7-5-8-20(16-19)30(37)38/h3-16,34-35H,1-2H3,(H,37,38). The summed E-state index contributed by atoms with van der Waals surface area (Å²) in [4.78, 5) is 25.0. The highest BCUT2D eigenvalue weighted by molar-refractivity contribution is 5.95. The van der Waals surface area contributed by atoms with Crippen molar-refractivity contribution in [3.63, 3.8) is 0 Å². The Morgan fingerprint density at radius 1 is 0.789 bits per heavy atom. The van der Waals surface area contributed by atoms with E-state index in [-0.39, 0.29) is 28.6 Å². The van der Waals surface area contributed by atoms with Crippen molar-refractivity contribution in [3.05, 3.63) is 112 Å². The van der Waals surface area contributed by atoms with Crippen LogP contribution in [0.3, 0.4) is 0 Å². The predicted molar refractivity (Wildman–Crippen MR) is 145 cm³/mol. The van der Waals surface area contributed by atoms with E-state index in [9.17, 15) is 24.9 Å². The first-order valence-electron chi connectivity index (χ1n) is 11.8. The summed E-state index contributed by atoms with van der Waals surface area (Å²) >= 11 is 0. The van der Waals surface area contributed by atoms with Gasteiger partial charge in [0, 0.05) is 16.3 Å². The molecule has 1 heterocycles. The predicted octanol–water partition coefficient (Wildman–Crippen LogP) is 6.80. The third kappa shape index (κ3) is 4.28. The molecule has 0 saturated carbocycles. The highest BCUT2D eigenvalue weighted by atomic mass is 16.4. The molecular weight excluding hydrogens is 482 g/mol. The van der Waals surface area contributed by atoms with Crippen LogP contribution in [0.2, 0.25) is 0 Å². The summed E-state index contributed by atoms with van der Waals surface area (Å²) in [7, 11) is 0. The van der Waals surface area contributed by atoms with Crippen molar-refractivity contribution in [1.82, 2.24) is 4.57 Å². The number of carbonyl (C=O) groups is 1. The number of pyridine rings is 1. The summed E-state index contributed by atoms with van der Waals surface area (Å²) in [6.45, 7) is 3.88. The number of phenolic OH excluding ortho intramolecular Hbond substituents is 1. The Morgan fingerprint density at radius 3 is 2.26 bits per heavy atom. The lowest BCUT2D eigenvalue weighted by Gasteiger charge is -2.14. The van der Waals surface area contributed by atoms with Gasteiger partial charge in [0.2, 0.25) is 5.88 Å². The van der Waals surface area contributed by atoms with E-state index in [1.807, 2.05) is 26.0 Å². The van der Waals surface area contributed by atoms with Crippen LogP contribution in [0.4, 0.5) is 11.4 Å². The van der Waals surface area contributed by atoms with E-state index in [4.69, 9.17) is 0 Å². The highest BCUT2D eigenvalue weighted by Crippen LogP contribution is 2.39. The molecule has 0 fully saturated rings. The van der Waals surface area contributed by atoms with Gasteiger partial charge in [-0.2, -0.15) is 0 Å². The van der Waals surface area contributed by atoms with Gasteiger partial charge >= 0.3 is 5.97 Å². The minimum absolute atomic E-state index is 0.00527. The van der Waals surface area contributed by atoms with Gasteiger partial charge in [0.25, 0.3) is 5.56 Å². The minimum atomic E-state index is -1.08. The van der Waals surface area contributed by atoms with Crippen molar-refractivity contribution in [2.45, 2.75) is 13.8 Å². The molecule has 3 N–H and O–H groups in total. The fraction of sp³-hybridized carbons (Fsp3) is 0.0667. The Morgan fingerprint density at radius 2 is 1.53 bits per heavy atom. The maximum Gasteiger partial charge on any atom is 0.335 e. The topological polar surface area (TPSA) is 124 Å². The van der Waals surface area contributed by atoms with Crippen molar-refractivity contribution in [2.24, 2.45) is 10.2 Å². The maximum absolute atomic E-state index is 13.6. The lowest BCUT2D eigenvalue weighted by atomic mass is 10.0. The van der Waals surface area contributed by atoms with E-state index < -0.39 is 11.5 Å². The van der Waals surface area contributed by atoms with E-state index in [0.717, 1.165) is 11.1 Å². The molecule has 0 atom stereocenters. The second-order valence-electron chi connectivity index (χ2n) is 8.89. The smallest absolute Gasteiger partial charge is 0.335 e. The fourth-order valence-corrected chi connectivity index (χ4v) is 4.29. The fourth-order valence-electron chi connectivity index (χ4n) is 4.29. The molecule has 0 bridgehead atoms. The number of hydrogen-bond donors (Lipinski definition) is 3. The molecule has 0 amide bonds. The van der Waals surface area contributed by atoms with Crippen LogP contribution in [0.1, 0.15) is 21.5 Å². The average molecular weight is 506 g/mol. The van der Waals surface area contributed by atoms with Gasteiger partial charge in [0.15, 0.2) is 11.4 Å². The van der Waals surface area contributed by atoms with E-state index >= 15 is 0 Å². The first-order chi connectivity index (χ1) is 18.3. The summed E-state index contributed by atoms with van der Waals surface area (Å²) in [5.41, 5.74) is 2.95. The third-order valence-corrected chi connectivity index (χ3v) is 6.48. The Kier molecular flexibility index (Phi) is 6.22. The highest BCUT2D eigenvalue weighted by Gasteiger charge is 2.18. The Labute approximate surface area is 217 Å². The molecule has 0 radical (unpaired) electrons. The van der Waals surface area contributed by atoms with Gasteiger partial charge in [0.1, 0.15) is 5.69 Å². The molecule has 0 spiro atoms. The molecule has 0 saturated heterocycles. The summed E-state index contributed by atoms with van der Waals surface area (Å²) < 4.78 is 1.19. The molecule has 0 aliphatic heterocycles. The van der Waals surface area contributed by atoms with E-state index in [1.54, 1.807) is 54.6 Å². The van der Waals surface area contributed by atoms with Crippen molar-refractivity contribution in [1.29, 1.82) is 0 Å². The zero-order valence-corrected chi connectivity index (χ0v) is 20.6. The zero-order chi connectivity index (χ0) is 27.0. The lowest BCUT2D eigenvalue weighted by Crippen LogP contribution is -2.18. The third-order valence-electron chi connectivity index (χ3n) is 6.48. The number of aryl methyl sites for hydroxylation is 2. The van der Waals surface area contributed by atoms with Gasteiger partial charge in [-0.1, -0.05) is 48.5 Å². The average Bonchev–Trinajstić information content (AvgIpc) is 2.91. The van der Waals surface area contributed by atoms with Crippen LogP contribution in [0, 0.1) is 13.8 Å². The molecule has 0 unspecified atom stereocenters. The number of hydrogen-bond acceptors (Lipinski definition) is 6. The lowest BCUT2D eigenvalue weighted by molar-refractivity contribution is 0.0697. The van der Waals surface area contributed by atoms with Crippen LogP contribution in [0.25, 0.3) is 27.6 Å². The quantitative estimate of drug-likeness (QED) is 0.227. The van der Waals surface area contributed by atoms with Crippen LogP contribution in [0.15, 0.2) is 100.0 Å². The van der Waals surface area contributed by atoms with Crippen LogP contribution in [0.5, 0.6) is 11.6 Å². The second kappa shape index (κ2) is 9.67. The van der Waals surface area contributed by atoms with Crippen LogP contribution < -0.4 is 5.56 Å². The van der Waals surface area contributed by atoms with Gasteiger partial charge in [-0.15, -0.1) is 10.2 Å². The molecule has 5 rings (SSSR count). The van der Waals surface area contributed by atoms with E-state index in [0.29, 0.717) is 27.6 Å². The number of aromatic carboxylic acids is 1. The molecule has 4 aromatic carbocycles. The number of para-hydroxylation sites is 1. The van der Waals surface area contributed by atoms with Crippen molar-refractivity contribution < 1.29 is 20.1 Å². The Bertz CT molecular complexity index is 1820. The number of nitrogens with zero attached hydrogens (tertiary/aromatic N) is 3. The van der Waals surface area contributed by atoms with Gasteiger partial charge in [0.05, 0.1) is 11.3 Å². The normalized spacial score (nSPS) is 11.3. The number of benzene rings is 4. The second-order valence-corrected chi connectivity index (χ2v) is 8.89. The maximum atomic E-state index is 13.6. The monoisotopic (exact) mass is 505 g/mol. The number of azo groups is 1. The van der Waals surface area contributed by atoms with Crippen molar-refractivity contribution in [2.75, 3.05) is 0 Å². The Hall–Kier alpha value is -5.24. The first-order valence-corrected chi connectivity index (χ1v) is 11.8. The van der Waals surface area contributed by atoms with Gasteiger partial charge < -0.3 is 15.3 Å². The largest absolute Gasteiger partial charge is 0.505 e. The summed E-state index contributed by atoms with van der Waals surface area (Å²) in [6.07, 6.45) is 0. The van der Waals surface area contributed by atoms with Crippen LogP contribution in [-0.2, 0) is 0 Å². The molecular formula is C30H23N3O5. The van der Waals surface area contributed by atoms with Crippen molar-refractivity contribution >= 4 is 28.1 Å². The number of aromatic nitrogens is 1. The number of carboxylic acids is 1. The Balaban J connectivity index is 1.66. The summed E-state index contributed by atoms with van der Waals surface area (Å²) in [5, 5.41) is 40.5. The van der Waals surface area contributed by atoms with Gasteiger partial charge in [-0.05, 0) is 66.9 Å². The molecule has 8 nitrogen and oxygen atoms in total. The van der Waals surface area contributed by atoms with Crippen LogP contribution in [-0.4, -0.2) is 25.9 Å². The molecule has 38 heavy (non-hydrogen) atoms. The summed E-state index contributed by atoms with van der Waals surface area (Å²) in [5.74, 6) is -1.51. The molecule has 0 aliphatic rings. The SMILES string of the molecule is Cc1ccc(-n2c(O)c3ccccc3c(N=Nc3cccc(-c4cccc(C(=O)O)c4)c3O)c2=O)cc1C. The number of rotatable bonds is 5. The number of phenols is 1.